The Labute approximate surface area is 113 Å². The molecule has 1 aromatic heterocycles. The van der Waals surface area contributed by atoms with Crippen LogP contribution in [0.25, 0.3) is 0 Å². The molecule has 2 rings (SSSR count). The third-order valence-corrected chi connectivity index (χ3v) is 3.65. The van der Waals surface area contributed by atoms with Gasteiger partial charge < -0.3 is 5.73 Å². The maximum Gasteiger partial charge on any atom is 0.0245 e. The topological polar surface area (TPSA) is 29.3 Å². The molecule has 0 saturated carbocycles. The first-order valence-corrected chi connectivity index (χ1v) is 7.30. The van der Waals surface area contributed by atoms with E-state index >= 15 is 0 Å². The summed E-state index contributed by atoms with van der Waals surface area (Å²) >= 11 is 1.76. The van der Waals surface area contributed by atoms with Crippen molar-refractivity contribution in [3.8, 4) is 0 Å². The van der Waals surface area contributed by atoms with Crippen molar-refractivity contribution in [2.45, 2.75) is 19.5 Å². The summed E-state index contributed by atoms with van der Waals surface area (Å²) in [7, 11) is 0. The zero-order chi connectivity index (χ0) is 12.6. The summed E-state index contributed by atoms with van der Waals surface area (Å²) in [6, 6.07) is 12.8. The van der Waals surface area contributed by atoms with Gasteiger partial charge in [0.15, 0.2) is 0 Å². The molecule has 3 heteroatoms. The monoisotopic (exact) mass is 260 g/mol. The first-order valence-electron chi connectivity index (χ1n) is 6.36. The molecule has 0 atom stereocenters. The van der Waals surface area contributed by atoms with Gasteiger partial charge in [0, 0.05) is 19.6 Å². The van der Waals surface area contributed by atoms with E-state index in [0.717, 1.165) is 32.6 Å². The summed E-state index contributed by atoms with van der Waals surface area (Å²) in [5.74, 6) is 0. The molecule has 0 aliphatic carbocycles. The highest BCUT2D eigenvalue weighted by atomic mass is 32.1. The summed E-state index contributed by atoms with van der Waals surface area (Å²) in [5, 5.41) is 4.36. The van der Waals surface area contributed by atoms with Crippen molar-refractivity contribution in [1.82, 2.24) is 4.90 Å². The Kier molecular flexibility index (Phi) is 5.39. The van der Waals surface area contributed by atoms with E-state index in [4.69, 9.17) is 5.73 Å². The van der Waals surface area contributed by atoms with Crippen molar-refractivity contribution in [3.63, 3.8) is 0 Å². The van der Waals surface area contributed by atoms with E-state index in [9.17, 15) is 0 Å². The molecule has 0 radical (unpaired) electrons. The number of hydrogen-bond donors (Lipinski definition) is 1. The standard InChI is InChI=1S/C15H20N2S/c16-8-4-9-17(12-15-7-10-18-13-15)11-14-5-2-1-3-6-14/h1-3,5-7,10,13H,4,8-9,11-12,16H2. The molecule has 0 aliphatic rings. The fourth-order valence-corrected chi connectivity index (χ4v) is 2.67. The van der Waals surface area contributed by atoms with E-state index in [2.05, 4.69) is 52.1 Å². The number of thiophene rings is 1. The summed E-state index contributed by atoms with van der Waals surface area (Å²) < 4.78 is 0. The maximum absolute atomic E-state index is 5.62. The highest BCUT2D eigenvalue weighted by molar-refractivity contribution is 7.07. The van der Waals surface area contributed by atoms with Gasteiger partial charge in [-0.25, -0.2) is 0 Å². The molecular formula is C15H20N2S. The predicted molar refractivity (Wildman–Crippen MR) is 78.5 cm³/mol. The first-order chi connectivity index (χ1) is 8.88. The first kappa shape index (κ1) is 13.3. The lowest BCUT2D eigenvalue weighted by molar-refractivity contribution is 0.255. The molecule has 2 nitrogen and oxygen atoms in total. The number of rotatable bonds is 7. The Bertz CT molecular complexity index is 425. The Balaban J connectivity index is 1.96. The van der Waals surface area contributed by atoms with Crippen LogP contribution in [0.3, 0.4) is 0 Å². The SMILES string of the molecule is NCCCN(Cc1ccccc1)Cc1ccsc1. The average molecular weight is 260 g/mol. The average Bonchev–Trinajstić information content (AvgIpc) is 2.90. The quantitative estimate of drug-likeness (QED) is 0.829. The summed E-state index contributed by atoms with van der Waals surface area (Å²) in [6.45, 7) is 3.82. The van der Waals surface area contributed by atoms with Crippen molar-refractivity contribution in [2.24, 2.45) is 5.73 Å². The van der Waals surface area contributed by atoms with E-state index in [0.29, 0.717) is 0 Å². The van der Waals surface area contributed by atoms with E-state index < -0.39 is 0 Å². The highest BCUT2D eigenvalue weighted by Crippen LogP contribution is 2.12. The Morgan fingerprint density at radius 1 is 1.00 bits per heavy atom. The minimum Gasteiger partial charge on any atom is -0.330 e. The van der Waals surface area contributed by atoms with Gasteiger partial charge in [-0.3, -0.25) is 4.90 Å². The van der Waals surface area contributed by atoms with Crippen LogP contribution in [-0.4, -0.2) is 18.0 Å². The fourth-order valence-electron chi connectivity index (χ4n) is 2.01. The molecule has 2 N–H and O–H groups in total. The van der Waals surface area contributed by atoms with Crippen LogP contribution >= 0.6 is 11.3 Å². The van der Waals surface area contributed by atoms with Crippen molar-refractivity contribution < 1.29 is 0 Å². The number of hydrogen-bond acceptors (Lipinski definition) is 3. The lowest BCUT2D eigenvalue weighted by atomic mass is 10.2. The molecule has 0 bridgehead atoms. The largest absolute Gasteiger partial charge is 0.330 e. The zero-order valence-electron chi connectivity index (χ0n) is 10.6. The molecule has 1 aromatic carbocycles. The lowest BCUT2D eigenvalue weighted by Crippen LogP contribution is -2.25. The fraction of sp³-hybridized carbons (Fsp3) is 0.333. The molecule has 0 fully saturated rings. The second-order valence-electron chi connectivity index (χ2n) is 4.47. The van der Waals surface area contributed by atoms with Crippen molar-refractivity contribution in [2.75, 3.05) is 13.1 Å². The minimum atomic E-state index is 0.759. The van der Waals surface area contributed by atoms with Gasteiger partial charge in [0.25, 0.3) is 0 Å². The number of nitrogens with zero attached hydrogens (tertiary/aromatic N) is 1. The molecule has 0 amide bonds. The zero-order valence-corrected chi connectivity index (χ0v) is 11.4. The molecule has 0 unspecified atom stereocenters. The van der Waals surface area contributed by atoms with E-state index in [1.165, 1.54) is 11.1 Å². The van der Waals surface area contributed by atoms with Gasteiger partial charge in [-0.05, 0) is 40.9 Å². The predicted octanol–water partition coefficient (Wildman–Crippen LogP) is 3.10. The van der Waals surface area contributed by atoms with Crippen molar-refractivity contribution >= 4 is 11.3 Å². The van der Waals surface area contributed by atoms with Crippen LogP contribution in [0.15, 0.2) is 47.2 Å². The molecule has 1 heterocycles. The molecule has 2 aromatic rings. The van der Waals surface area contributed by atoms with Crippen LogP contribution in [0.4, 0.5) is 0 Å². The second kappa shape index (κ2) is 7.31. The van der Waals surface area contributed by atoms with E-state index in [1.807, 2.05) is 0 Å². The van der Waals surface area contributed by atoms with Gasteiger partial charge in [-0.1, -0.05) is 30.3 Å². The van der Waals surface area contributed by atoms with Crippen molar-refractivity contribution in [3.05, 3.63) is 58.3 Å². The highest BCUT2D eigenvalue weighted by Gasteiger charge is 2.06. The van der Waals surface area contributed by atoms with Gasteiger partial charge in [0.1, 0.15) is 0 Å². The van der Waals surface area contributed by atoms with Gasteiger partial charge in [-0.15, -0.1) is 0 Å². The smallest absolute Gasteiger partial charge is 0.0245 e. The maximum atomic E-state index is 5.62. The summed E-state index contributed by atoms with van der Waals surface area (Å²) in [6.07, 6.45) is 1.05. The van der Waals surface area contributed by atoms with Crippen LogP contribution in [0.5, 0.6) is 0 Å². The third-order valence-electron chi connectivity index (χ3n) is 2.91. The molecule has 96 valence electrons. The van der Waals surface area contributed by atoms with Crippen LogP contribution in [-0.2, 0) is 13.1 Å². The van der Waals surface area contributed by atoms with E-state index in [-0.39, 0.29) is 0 Å². The third kappa shape index (κ3) is 4.26. The van der Waals surface area contributed by atoms with Crippen LogP contribution in [0.1, 0.15) is 17.5 Å². The summed E-state index contributed by atoms with van der Waals surface area (Å²) in [4.78, 5) is 2.46. The normalized spacial score (nSPS) is 11.0. The molecule has 18 heavy (non-hydrogen) atoms. The van der Waals surface area contributed by atoms with Crippen LogP contribution < -0.4 is 5.73 Å². The van der Waals surface area contributed by atoms with Gasteiger partial charge in [0.05, 0.1) is 0 Å². The number of benzene rings is 1. The van der Waals surface area contributed by atoms with Gasteiger partial charge >= 0.3 is 0 Å². The Morgan fingerprint density at radius 2 is 1.78 bits per heavy atom. The Morgan fingerprint density at radius 3 is 2.44 bits per heavy atom. The van der Waals surface area contributed by atoms with Crippen LogP contribution in [0.2, 0.25) is 0 Å². The van der Waals surface area contributed by atoms with Gasteiger partial charge in [-0.2, -0.15) is 11.3 Å². The van der Waals surface area contributed by atoms with Crippen LogP contribution in [0, 0.1) is 0 Å². The lowest BCUT2D eigenvalue weighted by Gasteiger charge is -2.21. The number of nitrogens with two attached hydrogens (primary N) is 1. The van der Waals surface area contributed by atoms with E-state index in [1.54, 1.807) is 11.3 Å². The van der Waals surface area contributed by atoms with Gasteiger partial charge in [0.2, 0.25) is 0 Å². The summed E-state index contributed by atoms with van der Waals surface area (Å²) in [5.41, 5.74) is 8.38. The molecule has 0 saturated heterocycles. The molecule has 0 spiro atoms. The molecular weight excluding hydrogens is 240 g/mol. The molecule has 0 aliphatic heterocycles. The van der Waals surface area contributed by atoms with Crippen molar-refractivity contribution in [1.29, 1.82) is 0 Å². The minimum absolute atomic E-state index is 0.759. The second-order valence-corrected chi connectivity index (χ2v) is 5.25. The Hall–Kier alpha value is -1.16.